The number of alkyl halides is 3. The van der Waals surface area contributed by atoms with Gasteiger partial charge in [0.1, 0.15) is 6.10 Å². The number of carbonyl (C=O) groups excluding carboxylic acids is 1. The molecule has 11 heteroatoms. The average molecular weight is 557 g/mol. The minimum Gasteiger partial charge on any atom is -0.405 e. The molecule has 1 N–H and O–H groups in total. The van der Waals surface area contributed by atoms with E-state index in [1.165, 1.54) is 12.1 Å². The van der Waals surface area contributed by atoms with Crippen molar-refractivity contribution in [2.24, 2.45) is 0 Å². The van der Waals surface area contributed by atoms with Gasteiger partial charge in [0.25, 0.3) is 11.5 Å². The van der Waals surface area contributed by atoms with E-state index in [0.717, 1.165) is 26.9 Å². The maximum atomic E-state index is 13.6. The largest absolute Gasteiger partial charge is 0.416 e. The van der Waals surface area contributed by atoms with Gasteiger partial charge in [-0.2, -0.15) is 13.2 Å². The summed E-state index contributed by atoms with van der Waals surface area (Å²) in [5.41, 5.74) is 0.911. The monoisotopic (exact) mass is 556 g/mol. The van der Waals surface area contributed by atoms with Gasteiger partial charge in [0.2, 0.25) is 5.95 Å². The summed E-state index contributed by atoms with van der Waals surface area (Å²) < 4.78 is 41.1. The number of anilines is 1. The number of hydrogen-bond acceptors (Lipinski definition) is 6. The van der Waals surface area contributed by atoms with Crippen LogP contribution in [0.15, 0.2) is 58.7 Å². The highest BCUT2D eigenvalue weighted by atomic mass is 32.1. The van der Waals surface area contributed by atoms with E-state index in [1.807, 2.05) is 23.6 Å². The van der Waals surface area contributed by atoms with Gasteiger partial charge in [-0.25, -0.2) is 4.98 Å². The second-order valence-corrected chi connectivity index (χ2v) is 10.7. The molecule has 2 aromatic carbocycles. The standard InChI is InChI=1S/C28H27F3N4O3S/c1-16(2)38-35-26(37)22-15-34(25(36)20-6-9-24-19(14-20)11-13-39-24)12-10-23(22)33-27(35)32-17(3)18-4-7-21(8-5-18)28(29,30)31/h4-9,11,13-14,16-17H,10,12,15H2,1-3H3,(H,32,33)/t17-/m1/s1. The molecule has 1 aliphatic heterocycles. The highest BCUT2D eigenvalue weighted by Crippen LogP contribution is 2.30. The SMILES string of the molecule is CC(C)On1c(N[C@H](C)c2ccc(C(F)(F)F)cc2)nc2c(c1=O)CN(C(=O)c1ccc3sccc3c1)CC2. The van der Waals surface area contributed by atoms with Crippen LogP contribution in [-0.2, 0) is 19.1 Å². The first-order valence-corrected chi connectivity index (χ1v) is 13.4. The average Bonchev–Trinajstić information content (AvgIpc) is 3.38. The van der Waals surface area contributed by atoms with Crippen molar-refractivity contribution >= 4 is 33.3 Å². The molecule has 0 saturated heterocycles. The Balaban J connectivity index is 1.42. The number of benzene rings is 2. The molecule has 0 aliphatic carbocycles. The van der Waals surface area contributed by atoms with Crippen LogP contribution < -0.4 is 15.7 Å². The van der Waals surface area contributed by atoms with Crippen LogP contribution in [0.5, 0.6) is 0 Å². The highest BCUT2D eigenvalue weighted by Gasteiger charge is 2.31. The summed E-state index contributed by atoms with van der Waals surface area (Å²) >= 11 is 1.61. The van der Waals surface area contributed by atoms with Gasteiger partial charge < -0.3 is 15.1 Å². The van der Waals surface area contributed by atoms with E-state index in [4.69, 9.17) is 4.84 Å². The van der Waals surface area contributed by atoms with E-state index in [1.54, 1.807) is 43.1 Å². The molecule has 5 rings (SSSR count). The molecule has 0 bridgehead atoms. The lowest BCUT2D eigenvalue weighted by molar-refractivity contribution is -0.137. The van der Waals surface area contributed by atoms with E-state index in [2.05, 4.69) is 10.3 Å². The van der Waals surface area contributed by atoms with Gasteiger partial charge in [-0.3, -0.25) is 9.59 Å². The maximum absolute atomic E-state index is 13.6. The van der Waals surface area contributed by atoms with Gasteiger partial charge >= 0.3 is 6.18 Å². The summed E-state index contributed by atoms with van der Waals surface area (Å²) in [5.74, 6) is -0.00913. The third-order valence-corrected chi connectivity index (χ3v) is 7.48. The van der Waals surface area contributed by atoms with Crippen LogP contribution in [0.25, 0.3) is 10.1 Å². The molecule has 2 aromatic heterocycles. The maximum Gasteiger partial charge on any atom is 0.416 e. The lowest BCUT2D eigenvalue weighted by Crippen LogP contribution is -2.43. The number of hydrogen-bond donors (Lipinski definition) is 1. The number of fused-ring (bicyclic) bond motifs is 2. The van der Waals surface area contributed by atoms with Crippen molar-refractivity contribution in [2.45, 2.75) is 52.1 Å². The molecule has 0 radical (unpaired) electrons. The first-order chi connectivity index (χ1) is 18.5. The normalized spacial score (nSPS) is 14.4. The van der Waals surface area contributed by atoms with Crippen LogP contribution in [0.4, 0.5) is 19.1 Å². The molecule has 1 aliphatic rings. The van der Waals surface area contributed by atoms with Gasteiger partial charge in [0, 0.05) is 23.2 Å². The zero-order valence-corrected chi connectivity index (χ0v) is 22.4. The summed E-state index contributed by atoms with van der Waals surface area (Å²) in [6.07, 6.45) is -4.40. The van der Waals surface area contributed by atoms with E-state index in [9.17, 15) is 22.8 Å². The second-order valence-electron chi connectivity index (χ2n) is 9.75. The zero-order chi connectivity index (χ0) is 27.9. The fourth-order valence-corrected chi connectivity index (χ4v) is 5.32. The molecule has 0 unspecified atom stereocenters. The number of halogens is 3. The van der Waals surface area contributed by atoms with Crippen LogP contribution >= 0.6 is 11.3 Å². The Labute approximate surface area is 226 Å². The molecule has 39 heavy (non-hydrogen) atoms. The molecule has 0 saturated carbocycles. The molecule has 3 heterocycles. The van der Waals surface area contributed by atoms with Crippen LogP contribution in [0.2, 0.25) is 0 Å². The smallest absolute Gasteiger partial charge is 0.405 e. The third-order valence-electron chi connectivity index (χ3n) is 6.58. The van der Waals surface area contributed by atoms with Crippen LogP contribution in [0.3, 0.4) is 0 Å². The summed E-state index contributed by atoms with van der Waals surface area (Å²) in [6.45, 7) is 5.79. The van der Waals surface area contributed by atoms with E-state index >= 15 is 0 Å². The third kappa shape index (κ3) is 5.49. The Morgan fingerprint density at radius 1 is 1.10 bits per heavy atom. The fourth-order valence-electron chi connectivity index (χ4n) is 4.55. The van der Waals surface area contributed by atoms with Crippen molar-refractivity contribution in [3.63, 3.8) is 0 Å². The van der Waals surface area contributed by atoms with E-state index < -0.39 is 23.3 Å². The summed E-state index contributed by atoms with van der Waals surface area (Å²) in [7, 11) is 0. The summed E-state index contributed by atoms with van der Waals surface area (Å²) in [6, 6.07) is 11.9. The predicted octanol–water partition coefficient (Wildman–Crippen LogP) is 5.69. The molecule has 0 fully saturated rings. The lowest BCUT2D eigenvalue weighted by Gasteiger charge is -2.29. The van der Waals surface area contributed by atoms with Gasteiger partial charge in [-0.1, -0.05) is 12.1 Å². The minimum absolute atomic E-state index is 0.0951. The van der Waals surface area contributed by atoms with Crippen molar-refractivity contribution in [3.8, 4) is 0 Å². The second kappa shape index (κ2) is 10.4. The number of thiophene rings is 1. The molecule has 204 valence electrons. The Morgan fingerprint density at radius 2 is 1.85 bits per heavy atom. The van der Waals surface area contributed by atoms with Gasteiger partial charge in [0.05, 0.1) is 29.4 Å². The number of nitrogens with zero attached hydrogens (tertiary/aromatic N) is 3. The topological polar surface area (TPSA) is 76.5 Å². The number of amides is 1. The number of rotatable bonds is 6. The lowest BCUT2D eigenvalue weighted by atomic mass is 10.0. The molecule has 1 atom stereocenters. The van der Waals surface area contributed by atoms with Crippen molar-refractivity contribution < 1.29 is 22.8 Å². The Hall–Kier alpha value is -3.86. The van der Waals surface area contributed by atoms with Gasteiger partial charge in [-0.05, 0) is 73.5 Å². The van der Waals surface area contributed by atoms with Gasteiger partial charge in [-0.15, -0.1) is 16.1 Å². The summed E-state index contributed by atoms with van der Waals surface area (Å²) in [5, 5.41) is 6.09. The number of carbonyl (C=O) groups is 1. The first-order valence-electron chi connectivity index (χ1n) is 12.5. The Bertz CT molecular complexity index is 1580. The minimum atomic E-state index is -4.42. The summed E-state index contributed by atoms with van der Waals surface area (Å²) in [4.78, 5) is 39.0. The highest BCUT2D eigenvalue weighted by molar-refractivity contribution is 7.17. The Morgan fingerprint density at radius 3 is 2.54 bits per heavy atom. The van der Waals surface area contributed by atoms with Crippen molar-refractivity contribution in [2.75, 3.05) is 11.9 Å². The molecule has 1 amide bonds. The molecule has 7 nitrogen and oxygen atoms in total. The first kappa shape index (κ1) is 26.7. The molecular weight excluding hydrogens is 529 g/mol. The van der Waals surface area contributed by atoms with Crippen LogP contribution in [0, 0.1) is 0 Å². The number of aromatic nitrogens is 2. The van der Waals surface area contributed by atoms with E-state index in [0.29, 0.717) is 35.3 Å². The zero-order valence-electron chi connectivity index (χ0n) is 21.6. The van der Waals surface area contributed by atoms with Crippen molar-refractivity contribution in [1.29, 1.82) is 0 Å². The van der Waals surface area contributed by atoms with Crippen LogP contribution in [-0.4, -0.2) is 33.2 Å². The predicted molar refractivity (Wildman–Crippen MR) is 144 cm³/mol. The van der Waals surface area contributed by atoms with E-state index in [-0.39, 0.29) is 24.5 Å². The molecular formula is C28H27F3N4O3S. The quantitative estimate of drug-likeness (QED) is 0.331. The Kier molecular flexibility index (Phi) is 7.11. The molecule has 0 spiro atoms. The van der Waals surface area contributed by atoms with Gasteiger partial charge in [0.15, 0.2) is 0 Å². The van der Waals surface area contributed by atoms with Crippen molar-refractivity contribution in [3.05, 3.63) is 92.2 Å². The number of nitrogens with one attached hydrogen (secondary N) is 1. The fraction of sp³-hybridized carbons (Fsp3) is 0.321. The van der Waals surface area contributed by atoms with Crippen molar-refractivity contribution in [1.82, 2.24) is 14.6 Å². The van der Waals surface area contributed by atoms with Crippen LogP contribution in [0.1, 0.15) is 59.6 Å². The molecule has 4 aromatic rings.